The van der Waals surface area contributed by atoms with Gasteiger partial charge >= 0.3 is 12.1 Å². The monoisotopic (exact) mass is 509 g/mol. The second-order valence-corrected chi connectivity index (χ2v) is 8.03. The van der Waals surface area contributed by atoms with Crippen molar-refractivity contribution in [2.75, 3.05) is 23.1 Å². The Morgan fingerprint density at radius 2 is 1.34 bits per heavy atom. The van der Waals surface area contributed by atoms with E-state index in [0.717, 1.165) is 5.75 Å². The Kier molecular flexibility index (Phi) is 7.03. The molecule has 0 unspecified atom stereocenters. The molecule has 0 bridgehead atoms. The van der Waals surface area contributed by atoms with Crippen LogP contribution >= 0.6 is 0 Å². The van der Waals surface area contributed by atoms with Crippen LogP contribution < -0.4 is 25.4 Å². The average molecular weight is 510 g/mol. The van der Waals surface area contributed by atoms with E-state index in [2.05, 4.69) is 30.7 Å². The van der Waals surface area contributed by atoms with E-state index >= 15 is 0 Å². The van der Waals surface area contributed by atoms with Gasteiger partial charge in [0, 0.05) is 23.5 Å². The predicted octanol–water partition coefficient (Wildman–Crippen LogP) is 6.97. The highest BCUT2D eigenvalue weighted by molar-refractivity contribution is 5.99. The van der Waals surface area contributed by atoms with Crippen molar-refractivity contribution in [3.05, 3.63) is 97.1 Å². The number of methoxy groups -OCH3 is 1. The lowest BCUT2D eigenvalue weighted by Crippen LogP contribution is -2.19. The number of para-hydroxylation sites is 1. The third-order valence-electron chi connectivity index (χ3n) is 5.28. The number of imidazole rings is 1. The number of H-pyrrole nitrogens is 1. The number of nitrogens with zero attached hydrogens (tertiary/aromatic N) is 1. The number of urea groups is 1. The number of aromatic nitrogens is 2. The van der Waals surface area contributed by atoms with Gasteiger partial charge in [-0.2, -0.15) is 0 Å². The van der Waals surface area contributed by atoms with E-state index in [9.17, 15) is 9.59 Å². The van der Waals surface area contributed by atoms with Gasteiger partial charge in [0.2, 0.25) is 5.95 Å². The minimum atomic E-state index is -0.622. The Balaban J connectivity index is 1.18. The zero-order chi connectivity index (χ0) is 26.3. The summed E-state index contributed by atoms with van der Waals surface area (Å²) in [6, 6.07) is 28.4. The molecule has 3 amide bonds. The largest absolute Gasteiger partial charge is 0.457 e. The van der Waals surface area contributed by atoms with Gasteiger partial charge in [0.15, 0.2) is 0 Å². The van der Waals surface area contributed by atoms with Crippen molar-refractivity contribution in [3.8, 4) is 23.0 Å². The Labute approximate surface area is 217 Å². The maximum atomic E-state index is 12.5. The summed E-state index contributed by atoms with van der Waals surface area (Å²) < 4.78 is 16.3. The van der Waals surface area contributed by atoms with Crippen LogP contribution in [0, 0.1) is 0 Å². The highest BCUT2D eigenvalue weighted by Gasteiger charge is 2.09. The zero-order valence-electron chi connectivity index (χ0n) is 20.2. The highest BCUT2D eigenvalue weighted by atomic mass is 16.5. The molecule has 0 aliphatic heterocycles. The summed E-state index contributed by atoms with van der Waals surface area (Å²) in [5.41, 5.74) is 2.48. The molecule has 1 aromatic heterocycles. The molecule has 0 aliphatic carbocycles. The fourth-order valence-electron chi connectivity index (χ4n) is 3.56. The van der Waals surface area contributed by atoms with Crippen LogP contribution in [0.3, 0.4) is 0 Å². The summed E-state index contributed by atoms with van der Waals surface area (Å²) in [6.07, 6.45) is -0.622. The molecule has 0 saturated heterocycles. The smallest absolute Gasteiger partial charge is 0.413 e. The second-order valence-electron chi connectivity index (χ2n) is 8.03. The van der Waals surface area contributed by atoms with Crippen LogP contribution in [0.15, 0.2) is 97.1 Å². The Hall–Kier alpha value is -5.51. The molecular weight excluding hydrogens is 486 g/mol. The van der Waals surface area contributed by atoms with E-state index in [0.29, 0.717) is 39.7 Å². The summed E-state index contributed by atoms with van der Waals surface area (Å²) in [7, 11) is 1.27. The third kappa shape index (κ3) is 6.18. The number of rotatable bonds is 7. The molecule has 10 heteroatoms. The van der Waals surface area contributed by atoms with E-state index in [1.807, 2.05) is 30.3 Å². The minimum Gasteiger partial charge on any atom is -0.457 e. The van der Waals surface area contributed by atoms with Crippen molar-refractivity contribution >= 4 is 40.5 Å². The molecule has 0 fully saturated rings. The molecule has 4 N–H and O–H groups in total. The van der Waals surface area contributed by atoms with Crippen molar-refractivity contribution in [1.82, 2.24) is 9.97 Å². The molecule has 0 aliphatic rings. The minimum absolute atomic E-state index is 0.263. The van der Waals surface area contributed by atoms with Crippen LogP contribution in [0.5, 0.6) is 23.0 Å². The Morgan fingerprint density at radius 1 is 0.684 bits per heavy atom. The van der Waals surface area contributed by atoms with Crippen molar-refractivity contribution in [2.24, 2.45) is 0 Å². The topological polar surface area (TPSA) is 127 Å². The number of benzene rings is 4. The van der Waals surface area contributed by atoms with E-state index in [1.165, 1.54) is 7.11 Å². The molecular formula is C28H23N5O5. The van der Waals surface area contributed by atoms with Gasteiger partial charge in [-0.3, -0.25) is 5.32 Å². The average Bonchev–Trinajstić information content (AvgIpc) is 3.32. The Bertz CT molecular complexity index is 1570. The molecule has 0 atom stereocenters. The SMILES string of the molecule is COC(=O)Nc1nc2ccc(Oc3cccc(NC(=O)Nc4ccc(Oc5ccccc5)cc4)c3)cc2[nH]1. The van der Waals surface area contributed by atoms with E-state index in [1.54, 1.807) is 66.7 Å². The first-order valence-electron chi connectivity index (χ1n) is 11.6. The molecule has 10 nitrogen and oxygen atoms in total. The highest BCUT2D eigenvalue weighted by Crippen LogP contribution is 2.28. The van der Waals surface area contributed by atoms with Crippen LogP contribution in [0.25, 0.3) is 11.0 Å². The molecule has 0 radical (unpaired) electrons. The summed E-state index contributed by atoms with van der Waals surface area (Å²) in [6.45, 7) is 0. The van der Waals surface area contributed by atoms with Gasteiger partial charge in [0.25, 0.3) is 0 Å². The fraction of sp³-hybridized carbons (Fsp3) is 0.0357. The molecule has 190 valence electrons. The first-order chi connectivity index (χ1) is 18.5. The van der Waals surface area contributed by atoms with E-state index in [-0.39, 0.29) is 5.95 Å². The molecule has 0 spiro atoms. The van der Waals surface area contributed by atoms with Crippen LogP contribution in [0.1, 0.15) is 0 Å². The number of anilines is 3. The molecule has 38 heavy (non-hydrogen) atoms. The summed E-state index contributed by atoms with van der Waals surface area (Å²) in [4.78, 5) is 31.2. The lowest BCUT2D eigenvalue weighted by Gasteiger charge is -2.11. The van der Waals surface area contributed by atoms with Crippen LogP contribution in [0.4, 0.5) is 26.9 Å². The fourth-order valence-corrected chi connectivity index (χ4v) is 3.56. The maximum absolute atomic E-state index is 12.5. The van der Waals surface area contributed by atoms with Gasteiger partial charge in [0.1, 0.15) is 23.0 Å². The van der Waals surface area contributed by atoms with Crippen LogP contribution in [-0.2, 0) is 4.74 Å². The number of nitrogens with one attached hydrogen (secondary N) is 4. The number of aromatic amines is 1. The van der Waals surface area contributed by atoms with Gasteiger partial charge in [-0.1, -0.05) is 24.3 Å². The summed E-state index contributed by atoms with van der Waals surface area (Å²) >= 11 is 0. The quantitative estimate of drug-likeness (QED) is 0.188. The number of fused-ring (bicyclic) bond motifs is 1. The molecule has 1 heterocycles. The van der Waals surface area contributed by atoms with Gasteiger partial charge in [-0.15, -0.1) is 0 Å². The first-order valence-corrected chi connectivity index (χ1v) is 11.6. The van der Waals surface area contributed by atoms with Crippen molar-refractivity contribution in [1.29, 1.82) is 0 Å². The molecule has 4 aromatic carbocycles. The molecule has 5 aromatic rings. The van der Waals surface area contributed by atoms with Gasteiger partial charge < -0.3 is 29.8 Å². The number of hydrogen-bond acceptors (Lipinski definition) is 6. The number of carbonyl (C=O) groups is 2. The van der Waals surface area contributed by atoms with Crippen LogP contribution in [0.2, 0.25) is 0 Å². The number of amides is 3. The standard InChI is InChI=1S/C28H23N5O5/c1-36-28(35)33-26-31-24-15-14-23(17-25(24)32-26)38-22-9-5-6-19(16-22)30-27(34)29-18-10-12-21(13-11-18)37-20-7-3-2-4-8-20/h2-17H,1H3,(H2,29,30,34)(H2,31,32,33,35). The summed E-state index contributed by atoms with van der Waals surface area (Å²) in [5.74, 6) is 2.73. The Morgan fingerprint density at radius 3 is 2.13 bits per heavy atom. The van der Waals surface area contributed by atoms with E-state index < -0.39 is 12.1 Å². The van der Waals surface area contributed by atoms with Crippen molar-refractivity contribution in [2.45, 2.75) is 0 Å². The lowest BCUT2D eigenvalue weighted by molar-refractivity contribution is 0.186. The van der Waals surface area contributed by atoms with Crippen molar-refractivity contribution in [3.63, 3.8) is 0 Å². The first kappa shape index (κ1) is 24.2. The van der Waals surface area contributed by atoms with Crippen LogP contribution in [-0.4, -0.2) is 29.2 Å². The summed E-state index contributed by atoms with van der Waals surface area (Å²) in [5, 5.41) is 8.08. The third-order valence-corrected chi connectivity index (χ3v) is 5.28. The molecule has 5 rings (SSSR count). The lowest BCUT2D eigenvalue weighted by atomic mass is 10.2. The van der Waals surface area contributed by atoms with Gasteiger partial charge in [-0.05, 0) is 60.7 Å². The zero-order valence-corrected chi connectivity index (χ0v) is 20.2. The van der Waals surface area contributed by atoms with Gasteiger partial charge in [0.05, 0.1) is 18.1 Å². The predicted molar refractivity (Wildman–Crippen MR) is 144 cm³/mol. The van der Waals surface area contributed by atoms with Crippen molar-refractivity contribution < 1.29 is 23.8 Å². The normalized spacial score (nSPS) is 10.4. The van der Waals surface area contributed by atoms with E-state index in [4.69, 9.17) is 9.47 Å². The number of ether oxygens (including phenoxy) is 3. The van der Waals surface area contributed by atoms with Gasteiger partial charge in [-0.25, -0.2) is 14.6 Å². The number of carbonyl (C=O) groups excluding carboxylic acids is 2. The number of hydrogen-bond donors (Lipinski definition) is 4. The molecule has 0 saturated carbocycles. The maximum Gasteiger partial charge on any atom is 0.413 e. The second kappa shape index (κ2) is 11.0.